The Kier molecular flexibility index (Phi) is 4.07. The van der Waals surface area contributed by atoms with E-state index < -0.39 is 0 Å². The molecule has 0 saturated carbocycles. The van der Waals surface area contributed by atoms with E-state index in [1.54, 1.807) is 23.0 Å². The minimum atomic E-state index is -0.265. The van der Waals surface area contributed by atoms with Gasteiger partial charge in [0.25, 0.3) is 5.91 Å². The van der Waals surface area contributed by atoms with Crippen LogP contribution in [0.3, 0.4) is 0 Å². The average Bonchev–Trinajstić information content (AvgIpc) is 2.96. The van der Waals surface area contributed by atoms with Gasteiger partial charge in [-0.05, 0) is 29.8 Å². The summed E-state index contributed by atoms with van der Waals surface area (Å²) in [6, 6.07) is 16.6. The fraction of sp³-hybridized carbons (Fsp3) is 0.0588. The first-order valence-corrected chi connectivity index (χ1v) is 7.18. The highest BCUT2D eigenvalue weighted by atomic mass is 16.1. The molecule has 2 aromatic carbocycles. The second-order valence-electron chi connectivity index (χ2n) is 5.07. The number of nitrogens with zero attached hydrogens (tertiary/aromatic N) is 2. The Morgan fingerprint density at radius 3 is 2.43 bits per heavy atom. The van der Waals surface area contributed by atoms with Crippen molar-refractivity contribution in [3.05, 3.63) is 71.9 Å². The Morgan fingerprint density at radius 2 is 1.78 bits per heavy atom. The first-order valence-electron chi connectivity index (χ1n) is 7.18. The molecule has 0 fully saturated rings. The lowest BCUT2D eigenvalue weighted by molar-refractivity contribution is 0.102. The summed E-state index contributed by atoms with van der Waals surface area (Å²) in [5.41, 5.74) is 14.2. The third-order valence-electron chi connectivity index (χ3n) is 3.45. The topological polar surface area (TPSA) is 99.0 Å². The number of para-hydroxylation sites is 1. The SMILES string of the molecule is NCc1ccc(C(=O)Nc2nn(-c3ccccc3)cc2N)cc1. The highest BCUT2D eigenvalue weighted by Crippen LogP contribution is 2.19. The molecule has 0 aliphatic heterocycles. The van der Waals surface area contributed by atoms with Crippen molar-refractivity contribution < 1.29 is 4.79 Å². The zero-order chi connectivity index (χ0) is 16.2. The lowest BCUT2D eigenvalue weighted by atomic mass is 10.1. The molecule has 1 amide bonds. The van der Waals surface area contributed by atoms with Gasteiger partial charge in [0.1, 0.15) is 0 Å². The van der Waals surface area contributed by atoms with E-state index in [4.69, 9.17) is 11.5 Å². The monoisotopic (exact) mass is 307 g/mol. The van der Waals surface area contributed by atoms with Gasteiger partial charge >= 0.3 is 0 Å². The van der Waals surface area contributed by atoms with Crippen LogP contribution in [0.1, 0.15) is 15.9 Å². The largest absolute Gasteiger partial charge is 0.394 e. The van der Waals surface area contributed by atoms with Gasteiger partial charge in [0.15, 0.2) is 5.82 Å². The normalized spacial score (nSPS) is 10.5. The Morgan fingerprint density at radius 1 is 1.09 bits per heavy atom. The molecule has 0 bridgehead atoms. The summed E-state index contributed by atoms with van der Waals surface area (Å²) in [6.07, 6.45) is 1.67. The van der Waals surface area contributed by atoms with Crippen LogP contribution >= 0.6 is 0 Å². The molecule has 5 N–H and O–H groups in total. The number of nitrogens with two attached hydrogens (primary N) is 2. The van der Waals surface area contributed by atoms with Crippen molar-refractivity contribution in [1.82, 2.24) is 9.78 Å². The molecule has 1 aromatic heterocycles. The summed E-state index contributed by atoms with van der Waals surface area (Å²) < 4.78 is 1.63. The molecule has 0 aliphatic rings. The van der Waals surface area contributed by atoms with Crippen LogP contribution < -0.4 is 16.8 Å². The minimum Gasteiger partial charge on any atom is -0.394 e. The number of benzene rings is 2. The second kappa shape index (κ2) is 6.33. The maximum atomic E-state index is 12.3. The maximum absolute atomic E-state index is 12.3. The smallest absolute Gasteiger partial charge is 0.256 e. The average molecular weight is 307 g/mol. The Labute approximate surface area is 133 Å². The molecule has 6 heteroatoms. The summed E-state index contributed by atoms with van der Waals surface area (Å²) in [5.74, 6) is 0.0698. The molecule has 116 valence electrons. The van der Waals surface area contributed by atoms with Crippen molar-refractivity contribution in [2.75, 3.05) is 11.1 Å². The van der Waals surface area contributed by atoms with E-state index in [0.29, 0.717) is 23.6 Å². The number of carbonyl (C=O) groups excluding carboxylic acids is 1. The third-order valence-corrected chi connectivity index (χ3v) is 3.45. The highest BCUT2D eigenvalue weighted by Gasteiger charge is 2.12. The molecule has 6 nitrogen and oxygen atoms in total. The molecular formula is C17H17N5O. The molecule has 0 spiro atoms. The second-order valence-corrected chi connectivity index (χ2v) is 5.07. The van der Waals surface area contributed by atoms with Gasteiger partial charge in [0.2, 0.25) is 0 Å². The van der Waals surface area contributed by atoms with Gasteiger partial charge in [-0.3, -0.25) is 4.79 Å². The molecule has 0 aliphatic carbocycles. The van der Waals surface area contributed by atoms with Crippen LogP contribution in [0.5, 0.6) is 0 Å². The first kappa shape index (κ1) is 14.8. The first-order chi connectivity index (χ1) is 11.2. The van der Waals surface area contributed by atoms with Crippen molar-refractivity contribution in [2.45, 2.75) is 6.54 Å². The predicted molar refractivity (Wildman–Crippen MR) is 90.3 cm³/mol. The van der Waals surface area contributed by atoms with E-state index in [1.807, 2.05) is 42.5 Å². The number of hydrogen-bond acceptors (Lipinski definition) is 4. The van der Waals surface area contributed by atoms with E-state index in [2.05, 4.69) is 10.4 Å². The van der Waals surface area contributed by atoms with Gasteiger partial charge in [-0.1, -0.05) is 30.3 Å². The number of hydrogen-bond donors (Lipinski definition) is 3. The van der Waals surface area contributed by atoms with E-state index in [9.17, 15) is 4.79 Å². The number of amides is 1. The van der Waals surface area contributed by atoms with Crippen molar-refractivity contribution >= 4 is 17.4 Å². The van der Waals surface area contributed by atoms with Crippen LogP contribution in [-0.4, -0.2) is 15.7 Å². The Balaban J connectivity index is 1.79. The summed E-state index contributed by atoms with van der Waals surface area (Å²) in [5, 5.41) is 7.05. The van der Waals surface area contributed by atoms with Gasteiger partial charge in [0, 0.05) is 12.1 Å². The lowest BCUT2D eigenvalue weighted by Crippen LogP contribution is -2.13. The lowest BCUT2D eigenvalue weighted by Gasteiger charge is -2.04. The summed E-state index contributed by atoms with van der Waals surface area (Å²) in [7, 11) is 0. The van der Waals surface area contributed by atoms with Crippen molar-refractivity contribution in [2.24, 2.45) is 5.73 Å². The van der Waals surface area contributed by atoms with Crippen LogP contribution in [0.2, 0.25) is 0 Å². The molecule has 0 saturated heterocycles. The van der Waals surface area contributed by atoms with Crippen LogP contribution in [0.4, 0.5) is 11.5 Å². The standard InChI is InChI=1S/C17H17N5O/c18-10-12-6-8-13(9-7-12)17(23)20-16-15(19)11-22(21-16)14-4-2-1-3-5-14/h1-9,11H,10,18-19H2,(H,20,21,23). The zero-order valence-electron chi connectivity index (χ0n) is 12.4. The number of nitrogen functional groups attached to an aromatic ring is 1. The molecular weight excluding hydrogens is 290 g/mol. The van der Waals surface area contributed by atoms with Gasteiger partial charge < -0.3 is 16.8 Å². The van der Waals surface area contributed by atoms with Crippen LogP contribution in [0, 0.1) is 0 Å². The van der Waals surface area contributed by atoms with Crippen LogP contribution in [-0.2, 0) is 6.54 Å². The number of rotatable bonds is 4. The zero-order valence-corrected chi connectivity index (χ0v) is 12.4. The molecule has 1 heterocycles. The quantitative estimate of drug-likeness (QED) is 0.688. The number of anilines is 2. The molecule has 0 unspecified atom stereocenters. The van der Waals surface area contributed by atoms with Crippen molar-refractivity contribution in [3.8, 4) is 5.69 Å². The van der Waals surface area contributed by atoms with Crippen molar-refractivity contribution in [3.63, 3.8) is 0 Å². The maximum Gasteiger partial charge on any atom is 0.256 e. The summed E-state index contributed by atoms with van der Waals surface area (Å²) in [4.78, 5) is 12.3. The number of nitrogens with one attached hydrogen (secondary N) is 1. The highest BCUT2D eigenvalue weighted by molar-refractivity contribution is 6.05. The third kappa shape index (κ3) is 3.22. The van der Waals surface area contributed by atoms with Crippen molar-refractivity contribution in [1.29, 1.82) is 0 Å². The molecule has 23 heavy (non-hydrogen) atoms. The molecule has 0 atom stereocenters. The Bertz CT molecular complexity index is 809. The van der Waals surface area contributed by atoms with Gasteiger partial charge in [0.05, 0.1) is 17.6 Å². The number of carbonyl (C=O) groups is 1. The van der Waals surface area contributed by atoms with Crippen LogP contribution in [0.25, 0.3) is 5.69 Å². The minimum absolute atomic E-state index is 0.265. The molecule has 3 aromatic rings. The van der Waals surface area contributed by atoms with E-state index >= 15 is 0 Å². The van der Waals surface area contributed by atoms with E-state index in [1.165, 1.54) is 0 Å². The van der Waals surface area contributed by atoms with Crippen LogP contribution in [0.15, 0.2) is 60.8 Å². The van der Waals surface area contributed by atoms with Gasteiger partial charge in [-0.15, -0.1) is 5.10 Å². The number of aromatic nitrogens is 2. The van der Waals surface area contributed by atoms with E-state index in [0.717, 1.165) is 11.3 Å². The summed E-state index contributed by atoms with van der Waals surface area (Å²) in [6.45, 7) is 0.441. The molecule has 3 rings (SSSR count). The predicted octanol–water partition coefficient (Wildman–Crippen LogP) is 2.17. The fourth-order valence-corrected chi connectivity index (χ4v) is 2.17. The van der Waals surface area contributed by atoms with Gasteiger partial charge in [-0.2, -0.15) is 0 Å². The van der Waals surface area contributed by atoms with E-state index in [-0.39, 0.29) is 5.91 Å². The molecule has 0 radical (unpaired) electrons. The van der Waals surface area contributed by atoms with Gasteiger partial charge in [-0.25, -0.2) is 4.68 Å². The Hall–Kier alpha value is -3.12. The fourth-order valence-electron chi connectivity index (χ4n) is 2.17. The summed E-state index contributed by atoms with van der Waals surface area (Å²) >= 11 is 0.